The van der Waals surface area contributed by atoms with Gasteiger partial charge in [0.2, 0.25) is 5.91 Å². The average Bonchev–Trinajstić information content (AvgIpc) is 3.14. The number of nitrogens with zero attached hydrogens (tertiary/aromatic N) is 2. The fraction of sp³-hybridized carbons (Fsp3) is 0.136. The van der Waals surface area contributed by atoms with Crippen LogP contribution in [-0.2, 0) is 10.5 Å². The number of imidazole rings is 1. The van der Waals surface area contributed by atoms with Gasteiger partial charge in [-0.2, -0.15) is 0 Å². The highest BCUT2D eigenvalue weighted by Crippen LogP contribution is 2.29. The van der Waals surface area contributed by atoms with Crippen molar-refractivity contribution in [2.24, 2.45) is 0 Å². The van der Waals surface area contributed by atoms with E-state index in [-0.39, 0.29) is 5.91 Å². The van der Waals surface area contributed by atoms with Crippen LogP contribution in [0.15, 0.2) is 75.3 Å². The second-order valence-electron chi connectivity index (χ2n) is 6.64. The largest absolute Gasteiger partial charge is 0.423 e. The summed E-state index contributed by atoms with van der Waals surface area (Å²) in [5.74, 6) is 0.381. The molecule has 6 nitrogen and oxygen atoms in total. The maximum Gasteiger partial charge on any atom is 0.336 e. The van der Waals surface area contributed by atoms with Gasteiger partial charge in [0, 0.05) is 48.3 Å². The lowest BCUT2D eigenvalue weighted by molar-refractivity contribution is -0.114. The van der Waals surface area contributed by atoms with Gasteiger partial charge in [0.15, 0.2) is 5.16 Å². The lowest BCUT2D eigenvalue weighted by Crippen LogP contribution is -2.06. The number of hydrogen-bond donors (Lipinski definition) is 1. The molecule has 0 bridgehead atoms. The van der Waals surface area contributed by atoms with E-state index in [9.17, 15) is 9.59 Å². The molecule has 0 aliphatic carbocycles. The molecule has 0 fully saturated rings. The van der Waals surface area contributed by atoms with E-state index < -0.39 is 5.63 Å². The van der Waals surface area contributed by atoms with Crippen LogP contribution in [0.2, 0.25) is 0 Å². The van der Waals surface area contributed by atoms with Crippen LogP contribution < -0.4 is 10.9 Å². The molecule has 0 aliphatic rings. The number of anilines is 1. The first-order valence-electron chi connectivity index (χ1n) is 9.08. The van der Waals surface area contributed by atoms with E-state index in [1.807, 2.05) is 29.0 Å². The molecule has 2 heterocycles. The van der Waals surface area contributed by atoms with Crippen molar-refractivity contribution >= 4 is 34.3 Å². The Hall–Kier alpha value is -3.32. The van der Waals surface area contributed by atoms with E-state index in [4.69, 9.17) is 4.42 Å². The molecular weight excluding hydrogens is 386 g/mol. The lowest BCUT2D eigenvalue weighted by atomic mass is 10.1. The Morgan fingerprint density at radius 1 is 1.21 bits per heavy atom. The van der Waals surface area contributed by atoms with Gasteiger partial charge in [-0.25, -0.2) is 9.78 Å². The molecule has 2 aromatic carbocycles. The Morgan fingerprint density at radius 3 is 2.83 bits per heavy atom. The summed E-state index contributed by atoms with van der Waals surface area (Å²) in [6.45, 7) is 3.50. The van der Waals surface area contributed by atoms with Crippen molar-refractivity contribution in [2.75, 3.05) is 5.32 Å². The second kappa shape index (κ2) is 7.97. The van der Waals surface area contributed by atoms with E-state index in [0.29, 0.717) is 17.0 Å². The molecule has 7 heteroatoms. The zero-order chi connectivity index (χ0) is 20.4. The topological polar surface area (TPSA) is 77.1 Å². The van der Waals surface area contributed by atoms with Gasteiger partial charge in [0.1, 0.15) is 5.58 Å². The van der Waals surface area contributed by atoms with Gasteiger partial charge in [-0.1, -0.05) is 30.0 Å². The SMILES string of the molecule is CC(=O)Nc1ccc2c(CSc3nccn3-c3ccccc3C)cc(=O)oc2c1. The number of carbonyl (C=O) groups excluding carboxylic acids is 1. The normalized spacial score (nSPS) is 11.0. The minimum absolute atomic E-state index is 0.179. The van der Waals surface area contributed by atoms with Crippen LogP contribution >= 0.6 is 11.8 Å². The summed E-state index contributed by atoms with van der Waals surface area (Å²) in [4.78, 5) is 27.8. The van der Waals surface area contributed by atoms with Gasteiger partial charge in [0.25, 0.3) is 0 Å². The Balaban J connectivity index is 1.64. The summed E-state index contributed by atoms with van der Waals surface area (Å²) in [6.07, 6.45) is 3.70. The molecule has 146 valence electrons. The van der Waals surface area contributed by atoms with E-state index in [1.54, 1.807) is 30.1 Å². The van der Waals surface area contributed by atoms with E-state index in [0.717, 1.165) is 27.4 Å². The Morgan fingerprint density at radius 2 is 2.03 bits per heavy atom. The highest BCUT2D eigenvalue weighted by molar-refractivity contribution is 7.98. The fourth-order valence-electron chi connectivity index (χ4n) is 3.19. The number of carbonyl (C=O) groups is 1. The van der Waals surface area contributed by atoms with Crippen molar-refractivity contribution in [2.45, 2.75) is 24.8 Å². The number of aromatic nitrogens is 2. The van der Waals surface area contributed by atoms with Crippen LogP contribution in [0.1, 0.15) is 18.1 Å². The summed E-state index contributed by atoms with van der Waals surface area (Å²) < 4.78 is 7.38. The molecule has 4 rings (SSSR count). The molecular formula is C22H19N3O3S. The molecule has 1 amide bonds. The number of amides is 1. The van der Waals surface area contributed by atoms with Crippen LogP contribution in [0.25, 0.3) is 16.7 Å². The third-order valence-corrected chi connectivity index (χ3v) is 5.50. The van der Waals surface area contributed by atoms with Crippen molar-refractivity contribution in [1.29, 1.82) is 0 Å². The summed E-state index contributed by atoms with van der Waals surface area (Å²) in [6, 6.07) is 14.9. The minimum Gasteiger partial charge on any atom is -0.423 e. The summed E-state index contributed by atoms with van der Waals surface area (Å²) in [5, 5.41) is 4.38. The number of rotatable bonds is 5. The van der Waals surface area contributed by atoms with Crippen molar-refractivity contribution < 1.29 is 9.21 Å². The smallest absolute Gasteiger partial charge is 0.336 e. The number of thioether (sulfide) groups is 1. The predicted molar refractivity (Wildman–Crippen MR) is 115 cm³/mol. The Labute approximate surface area is 171 Å². The van der Waals surface area contributed by atoms with Crippen molar-refractivity contribution in [3.63, 3.8) is 0 Å². The highest BCUT2D eigenvalue weighted by atomic mass is 32.2. The third-order valence-electron chi connectivity index (χ3n) is 4.49. The molecule has 0 saturated heterocycles. The Bertz CT molecular complexity index is 1260. The highest BCUT2D eigenvalue weighted by Gasteiger charge is 2.11. The molecule has 0 aliphatic heterocycles. The third kappa shape index (κ3) is 4.09. The van der Waals surface area contributed by atoms with Crippen molar-refractivity contribution in [3.8, 4) is 5.69 Å². The average molecular weight is 405 g/mol. The van der Waals surface area contributed by atoms with Crippen molar-refractivity contribution in [3.05, 3.63) is 82.5 Å². The molecule has 1 N–H and O–H groups in total. The van der Waals surface area contributed by atoms with Crippen LogP contribution in [-0.4, -0.2) is 15.5 Å². The number of para-hydroxylation sites is 1. The predicted octanol–water partition coefficient (Wildman–Crippen LogP) is 4.54. The fourth-order valence-corrected chi connectivity index (χ4v) is 4.14. The number of aryl methyl sites for hydroxylation is 1. The number of fused-ring (bicyclic) bond motifs is 1. The van der Waals surface area contributed by atoms with Gasteiger partial charge < -0.3 is 9.73 Å². The van der Waals surface area contributed by atoms with Gasteiger partial charge in [-0.05, 0) is 36.2 Å². The van der Waals surface area contributed by atoms with Gasteiger partial charge in [-0.3, -0.25) is 9.36 Å². The van der Waals surface area contributed by atoms with Gasteiger partial charge >= 0.3 is 5.63 Å². The van der Waals surface area contributed by atoms with Gasteiger partial charge in [0.05, 0.1) is 5.69 Å². The van der Waals surface area contributed by atoms with Crippen LogP contribution in [0.3, 0.4) is 0 Å². The second-order valence-corrected chi connectivity index (χ2v) is 7.58. The quantitative estimate of drug-likeness (QED) is 0.390. The summed E-state index contributed by atoms with van der Waals surface area (Å²) >= 11 is 1.55. The minimum atomic E-state index is -0.421. The first-order valence-corrected chi connectivity index (χ1v) is 10.1. The number of nitrogens with one attached hydrogen (secondary N) is 1. The van der Waals surface area contributed by atoms with Gasteiger partial charge in [-0.15, -0.1) is 0 Å². The zero-order valence-corrected chi connectivity index (χ0v) is 16.8. The number of hydrogen-bond acceptors (Lipinski definition) is 5. The summed E-state index contributed by atoms with van der Waals surface area (Å²) in [7, 11) is 0. The first-order chi connectivity index (χ1) is 14.0. The first kappa shape index (κ1) is 19.0. The van der Waals surface area contributed by atoms with Crippen LogP contribution in [0.5, 0.6) is 0 Å². The molecule has 0 atom stereocenters. The van der Waals surface area contributed by atoms with E-state index in [1.165, 1.54) is 13.0 Å². The van der Waals surface area contributed by atoms with Crippen molar-refractivity contribution in [1.82, 2.24) is 9.55 Å². The van der Waals surface area contributed by atoms with Crippen LogP contribution in [0, 0.1) is 6.92 Å². The van der Waals surface area contributed by atoms with Crippen LogP contribution in [0.4, 0.5) is 5.69 Å². The van der Waals surface area contributed by atoms with E-state index >= 15 is 0 Å². The molecule has 4 aromatic rings. The molecule has 0 radical (unpaired) electrons. The molecule has 0 unspecified atom stereocenters. The summed E-state index contributed by atoms with van der Waals surface area (Å²) in [5.41, 5.74) is 3.70. The number of benzene rings is 2. The lowest BCUT2D eigenvalue weighted by Gasteiger charge is -2.11. The maximum atomic E-state index is 12.0. The standard InChI is InChI=1S/C22H19N3O3S/c1-14-5-3-4-6-19(14)25-10-9-23-22(25)29-13-16-11-21(27)28-20-12-17(24-15(2)26)7-8-18(16)20/h3-12H,13H2,1-2H3,(H,24,26). The molecule has 2 aromatic heterocycles. The monoisotopic (exact) mass is 405 g/mol. The maximum absolute atomic E-state index is 12.0. The van der Waals surface area contributed by atoms with E-state index in [2.05, 4.69) is 29.4 Å². The molecule has 0 spiro atoms. The molecule has 0 saturated carbocycles. The Kier molecular flexibility index (Phi) is 5.22. The molecule has 29 heavy (non-hydrogen) atoms. The zero-order valence-electron chi connectivity index (χ0n) is 16.0.